The molecule has 2 fully saturated rings. The number of anilines is 2. The molecular weight excluding hydrogens is 506 g/mol. The second kappa shape index (κ2) is 11.0. The molecule has 4 rings (SSSR count). The third-order valence-electron chi connectivity index (χ3n) is 7.30. The standard InChI is InChI=1S/C26H29F4N5O3/c1-13-12-35(6-5-34(13)2)22-10-20(28)15(14-3-4-19(27)17(7-14)25(31)37)8-21(22)33-26(38)18-11-32-23(36)9-16(18)24(29)30/h3-4,7-8,10,13,16,18,24H,5-6,9,11-12H2,1-2H3,(H2,31,37)(H,32,36)(H,33,38)/t13-,16?,18?/m0/s1. The van der Waals surface area contributed by atoms with Gasteiger partial charge in [-0.3, -0.25) is 14.4 Å². The molecule has 0 aromatic heterocycles. The first-order valence-corrected chi connectivity index (χ1v) is 12.2. The number of hydrogen-bond acceptors (Lipinski definition) is 5. The van der Waals surface area contributed by atoms with Gasteiger partial charge >= 0.3 is 0 Å². The average molecular weight is 536 g/mol. The average Bonchev–Trinajstić information content (AvgIpc) is 2.86. The maximum absolute atomic E-state index is 15.5. The largest absolute Gasteiger partial charge is 0.367 e. The van der Waals surface area contributed by atoms with Crippen molar-refractivity contribution in [3.8, 4) is 11.1 Å². The second-order valence-corrected chi connectivity index (χ2v) is 9.79. The summed E-state index contributed by atoms with van der Waals surface area (Å²) in [5, 5.41) is 5.13. The number of halogens is 4. The van der Waals surface area contributed by atoms with Crippen molar-refractivity contribution in [2.45, 2.75) is 25.8 Å². The smallest absolute Gasteiger partial charge is 0.251 e. The molecule has 3 atom stereocenters. The van der Waals surface area contributed by atoms with Gasteiger partial charge in [-0.05, 0) is 43.8 Å². The molecule has 8 nitrogen and oxygen atoms in total. The zero-order chi connectivity index (χ0) is 27.7. The summed E-state index contributed by atoms with van der Waals surface area (Å²) in [6.45, 7) is 3.44. The van der Waals surface area contributed by atoms with Crippen LogP contribution in [-0.2, 0) is 9.59 Å². The fourth-order valence-corrected chi connectivity index (χ4v) is 4.88. The van der Waals surface area contributed by atoms with Crippen molar-refractivity contribution in [2.24, 2.45) is 17.6 Å². The van der Waals surface area contributed by atoms with Crippen molar-refractivity contribution in [1.82, 2.24) is 10.2 Å². The quantitative estimate of drug-likeness (QED) is 0.494. The Morgan fingerprint density at radius 2 is 1.87 bits per heavy atom. The zero-order valence-corrected chi connectivity index (χ0v) is 20.9. The van der Waals surface area contributed by atoms with E-state index in [9.17, 15) is 27.6 Å². The van der Waals surface area contributed by atoms with Crippen molar-refractivity contribution in [1.29, 1.82) is 0 Å². The van der Waals surface area contributed by atoms with Gasteiger partial charge in [0, 0.05) is 50.1 Å². The number of benzene rings is 2. The monoisotopic (exact) mass is 535 g/mol. The van der Waals surface area contributed by atoms with E-state index in [0.29, 0.717) is 25.3 Å². The van der Waals surface area contributed by atoms with Crippen LogP contribution in [-0.4, -0.2) is 68.3 Å². The predicted octanol–water partition coefficient (Wildman–Crippen LogP) is 2.83. The summed E-state index contributed by atoms with van der Waals surface area (Å²) >= 11 is 0. The number of carbonyl (C=O) groups excluding carboxylic acids is 3. The summed E-state index contributed by atoms with van der Waals surface area (Å²) in [4.78, 5) is 40.6. The number of rotatable bonds is 6. The molecule has 0 aliphatic carbocycles. The Morgan fingerprint density at radius 3 is 2.53 bits per heavy atom. The predicted molar refractivity (Wildman–Crippen MR) is 134 cm³/mol. The van der Waals surface area contributed by atoms with Gasteiger partial charge in [-0.25, -0.2) is 17.6 Å². The maximum atomic E-state index is 15.5. The Hall–Kier alpha value is -3.67. The minimum Gasteiger partial charge on any atom is -0.367 e. The highest BCUT2D eigenvalue weighted by Gasteiger charge is 2.40. The molecule has 12 heteroatoms. The molecule has 0 bridgehead atoms. The summed E-state index contributed by atoms with van der Waals surface area (Å²) in [5.41, 5.74) is 5.42. The van der Waals surface area contributed by atoms with Crippen LogP contribution in [0.2, 0.25) is 0 Å². The van der Waals surface area contributed by atoms with Gasteiger partial charge < -0.3 is 26.2 Å². The fraction of sp³-hybridized carbons (Fsp3) is 0.423. The highest BCUT2D eigenvalue weighted by atomic mass is 19.3. The Balaban J connectivity index is 1.76. The Bertz CT molecular complexity index is 1260. The normalized spacial score (nSPS) is 22.3. The summed E-state index contributed by atoms with van der Waals surface area (Å²) in [7, 11) is 1.96. The first-order valence-electron chi connectivity index (χ1n) is 12.2. The molecule has 2 aromatic carbocycles. The number of nitrogens with zero attached hydrogens (tertiary/aromatic N) is 2. The zero-order valence-electron chi connectivity index (χ0n) is 20.9. The lowest BCUT2D eigenvalue weighted by Gasteiger charge is -2.40. The van der Waals surface area contributed by atoms with Crippen LogP contribution in [0, 0.1) is 23.5 Å². The summed E-state index contributed by atoms with van der Waals surface area (Å²) in [6, 6.07) is 6.05. The SMILES string of the molecule is C[C@H]1CN(c2cc(F)c(-c3ccc(F)c(C(N)=O)c3)cc2NC(=O)C2CNC(=O)CC2C(F)F)CCN1C. The molecule has 0 saturated carbocycles. The number of primary amides is 1. The lowest BCUT2D eigenvalue weighted by molar-refractivity contribution is -0.133. The van der Waals surface area contributed by atoms with Crippen molar-refractivity contribution in [3.63, 3.8) is 0 Å². The van der Waals surface area contributed by atoms with Crippen LogP contribution in [0.3, 0.4) is 0 Å². The van der Waals surface area contributed by atoms with E-state index in [0.717, 1.165) is 12.1 Å². The number of alkyl halides is 2. The van der Waals surface area contributed by atoms with E-state index >= 15 is 4.39 Å². The van der Waals surface area contributed by atoms with E-state index in [1.54, 1.807) is 0 Å². The first kappa shape index (κ1) is 27.4. The molecule has 4 N–H and O–H groups in total. The second-order valence-electron chi connectivity index (χ2n) is 9.79. The van der Waals surface area contributed by atoms with Gasteiger partial charge in [-0.1, -0.05) is 6.07 Å². The van der Waals surface area contributed by atoms with Gasteiger partial charge in [0.25, 0.3) is 5.91 Å². The number of nitrogens with one attached hydrogen (secondary N) is 2. The van der Waals surface area contributed by atoms with Crippen LogP contribution in [0.25, 0.3) is 11.1 Å². The van der Waals surface area contributed by atoms with Crippen molar-refractivity contribution >= 4 is 29.1 Å². The molecule has 38 heavy (non-hydrogen) atoms. The minimum absolute atomic E-state index is 0.0453. The topological polar surface area (TPSA) is 108 Å². The lowest BCUT2D eigenvalue weighted by Crippen LogP contribution is -2.50. The number of amides is 3. The fourth-order valence-electron chi connectivity index (χ4n) is 4.88. The summed E-state index contributed by atoms with van der Waals surface area (Å²) in [5.74, 6) is -6.56. The van der Waals surface area contributed by atoms with E-state index in [-0.39, 0.29) is 29.4 Å². The van der Waals surface area contributed by atoms with Crippen LogP contribution in [0.5, 0.6) is 0 Å². The van der Waals surface area contributed by atoms with Gasteiger partial charge in [0.2, 0.25) is 18.2 Å². The van der Waals surface area contributed by atoms with Crippen LogP contribution in [0.4, 0.5) is 28.9 Å². The van der Waals surface area contributed by atoms with Gasteiger partial charge in [0.15, 0.2) is 0 Å². The highest BCUT2D eigenvalue weighted by Crippen LogP contribution is 2.37. The van der Waals surface area contributed by atoms with Gasteiger partial charge in [-0.2, -0.15) is 0 Å². The van der Waals surface area contributed by atoms with Crippen LogP contribution >= 0.6 is 0 Å². The summed E-state index contributed by atoms with van der Waals surface area (Å²) in [6.07, 6.45) is -3.37. The molecule has 2 aromatic rings. The van der Waals surface area contributed by atoms with Crippen molar-refractivity contribution in [2.75, 3.05) is 43.4 Å². The first-order chi connectivity index (χ1) is 18.0. The maximum Gasteiger partial charge on any atom is 0.251 e. The summed E-state index contributed by atoms with van der Waals surface area (Å²) < 4.78 is 56.9. The number of carbonyl (C=O) groups is 3. The van der Waals surface area contributed by atoms with Crippen LogP contribution < -0.4 is 21.3 Å². The molecule has 2 saturated heterocycles. The molecule has 204 valence electrons. The van der Waals surface area contributed by atoms with E-state index in [1.165, 1.54) is 18.2 Å². The van der Waals surface area contributed by atoms with Crippen LogP contribution in [0.15, 0.2) is 30.3 Å². The van der Waals surface area contributed by atoms with Gasteiger partial charge in [0.05, 0.1) is 22.9 Å². The van der Waals surface area contributed by atoms with Gasteiger partial charge in [-0.15, -0.1) is 0 Å². The van der Waals surface area contributed by atoms with E-state index in [1.807, 2.05) is 18.9 Å². The molecule has 2 aliphatic rings. The van der Waals surface area contributed by atoms with Crippen LogP contribution in [0.1, 0.15) is 23.7 Å². The third kappa shape index (κ3) is 5.59. The third-order valence-corrected chi connectivity index (χ3v) is 7.30. The van der Waals surface area contributed by atoms with Crippen molar-refractivity contribution < 1.29 is 31.9 Å². The Kier molecular flexibility index (Phi) is 7.91. The molecule has 0 radical (unpaired) electrons. The van der Waals surface area contributed by atoms with Crippen molar-refractivity contribution in [3.05, 3.63) is 47.5 Å². The number of piperazine rings is 1. The lowest BCUT2D eigenvalue weighted by atomic mass is 9.85. The minimum atomic E-state index is -2.88. The molecule has 3 amide bonds. The Morgan fingerprint density at radius 1 is 1.13 bits per heavy atom. The number of piperidine rings is 1. The molecular formula is C26H29F4N5O3. The van der Waals surface area contributed by atoms with E-state index in [2.05, 4.69) is 15.5 Å². The molecule has 2 heterocycles. The number of hydrogen-bond donors (Lipinski definition) is 3. The highest BCUT2D eigenvalue weighted by molar-refractivity contribution is 5.99. The van der Waals surface area contributed by atoms with Gasteiger partial charge in [0.1, 0.15) is 11.6 Å². The molecule has 2 aliphatic heterocycles. The number of likely N-dealkylation sites (N-methyl/N-ethyl adjacent to an activating group) is 1. The number of nitrogens with two attached hydrogens (primary N) is 1. The van der Waals surface area contributed by atoms with E-state index < -0.39 is 59.6 Å². The molecule has 2 unspecified atom stereocenters. The van der Waals surface area contributed by atoms with E-state index in [4.69, 9.17) is 5.73 Å². The Labute approximate surface area is 217 Å². The molecule has 0 spiro atoms.